The van der Waals surface area contributed by atoms with Crippen LogP contribution >= 0.6 is 0 Å². The number of ether oxygens (including phenoxy) is 1. The van der Waals surface area contributed by atoms with Crippen molar-refractivity contribution in [3.05, 3.63) is 0 Å². The largest absolute Gasteiger partial charge is 0.367 e. The van der Waals surface area contributed by atoms with E-state index in [1.807, 2.05) is 0 Å². The maximum atomic E-state index is 5.41. The summed E-state index contributed by atoms with van der Waals surface area (Å²) < 4.78 is 6.69. The first kappa shape index (κ1) is 15.0. The first-order valence-corrected chi connectivity index (χ1v) is 7.73. The average molecular weight is 242 g/mol. The average Bonchev–Trinajstić information content (AvgIpc) is 3.16. The molecule has 0 aromatic heterocycles. The van der Waals surface area contributed by atoms with Crippen LogP contribution in [0, 0.1) is 0 Å². The van der Waals surface area contributed by atoms with Crippen LogP contribution in [0.2, 0.25) is 0 Å². The molecule has 1 fully saturated rings. The second-order valence-corrected chi connectivity index (χ2v) is 5.60. The highest BCUT2D eigenvalue weighted by atomic mass is 16.6. The van der Waals surface area contributed by atoms with Gasteiger partial charge in [0.1, 0.15) is 12.6 Å². The van der Waals surface area contributed by atoms with Crippen LogP contribution in [0.1, 0.15) is 59.3 Å². The molecule has 0 saturated carbocycles. The van der Waals surface area contributed by atoms with Crippen LogP contribution in [0.15, 0.2) is 0 Å². The Morgan fingerprint density at radius 1 is 0.941 bits per heavy atom. The lowest BCUT2D eigenvalue weighted by Gasteiger charge is -2.36. The van der Waals surface area contributed by atoms with Crippen LogP contribution in [0.4, 0.5) is 0 Å². The molecule has 0 radical (unpaired) electrons. The predicted octanol–water partition coefficient (Wildman–Crippen LogP) is 3.60. The van der Waals surface area contributed by atoms with Gasteiger partial charge in [-0.05, 0) is 26.7 Å². The third-order valence-electron chi connectivity index (χ3n) is 4.32. The lowest BCUT2D eigenvalue weighted by atomic mass is 10.1. The molecular weight excluding hydrogens is 210 g/mol. The zero-order chi connectivity index (χ0) is 12.6. The third kappa shape index (κ3) is 5.87. The van der Waals surface area contributed by atoms with Crippen molar-refractivity contribution in [1.29, 1.82) is 0 Å². The van der Waals surface area contributed by atoms with Gasteiger partial charge < -0.3 is 9.22 Å². The minimum atomic E-state index is 0.579. The number of likely N-dealkylation sites (N-methyl/N-ethyl adjacent to an activating group) is 1. The van der Waals surface area contributed by atoms with E-state index in [0.717, 1.165) is 6.61 Å². The van der Waals surface area contributed by atoms with E-state index in [1.165, 1.54) is 69.2 Å². The van der Waals surface area contributed by atoms with Crippen molar-refractivity contribution in [2.24, 2.45) is 0 Å². The Morgan fingerprint density at radius 3 is 2.06 bits per heavy atom. The van der Waals surface area contributed by atoms with E-state index in [-0.39, 0.29) is 0 Å². The van der Waals surface area contributed by atoms with Crippen molar-refractivity contribution in [1.82, 2.24) is 0 Å². The Balaban J connectivity index is 2.14. The molecular formula is C15H32NO+. The van der Waals surface area contributed by atoms with Crippen molar-refractivity contribution < 1.29 is 9.22 Å². The molecule has 0 bridgehead atoms. The van der Waals surface area contributed by atoms with E-state index in [9.17, 15) is 0 Å². The highest BCUT2D eigenvalue weighted by Gasteiger charge is 2.34. The Morgan fingerprint density at radius 2 is 1.53 bits per heavy atom. The summed E-state index contributed by atoms with van der Waals surface area (Å²) in [7, 11) is 0. The number of unbranched alkanes of at least 4 members (excludes halogenated alkanes) is 5. The normalized spacial score (nSPS) is 19.6. The molecule has 1 heterocycles. The first-order valence-electron chi connectivity index (χ1n) is 7.73. The van der Waals surface area contributed by atoms with Crippen molar-refractivity contribution in [2.45, 2.75) is 65.4 Å². The SMILES string of the molecule is CCCCCCCC[N+](CC)(CC)CC1CO1. The molecule has 0 aromatic carbocycles. The molecule has 0 aromatic rings. The second-order valence-electron chi connectivity index (χ2n) is 5.60. The molecule has 102 valence electrons. The summed E-state index contributed by atoms with van der Waals surface area (Å²) >= 11 is 0. The van der Waals surface area contributed by atoms with Crippen molar-refractivity contribution in [3.63, 3.8) is 0 Å². The fourth-order valence-corrected chi connectivity index (χ4v) is 2.72. The zero-order valence-electron chi connectivity index (χ0n) is 12.2. The Hall–Kier alpha value is -0.0800. The summed E-state index contributed by atoms with van der Waals surface area (Å²) in [5.74, 6) is 0. The third-order valence-corrected chi connectivity index (χ3v) is 4.32. The van der Waals surface area contributed by atoms with Gasteiger partial charge in [0.25, 0.3) is 0 Å². The number of nitrogens with zero attached hydrogens (tertiary/aromatic N) is 1. The molecule has 2 nitrogen and oxygen atoms in total. The van der Waals surface area contributed by atoms with E-state index < -0.39 is 0 Å². The van der Waals surface area contributed by atoms with E-state index in [1.54, 1.807) is 0 Å². The standard InChI is InChI=1S/C15H32NO/c1-4-7-8-9-10-11-12-16(5-2,6-3)13-15-14-17-15/h15H,4-14H2,1-3H3/q+1. The molecule has 17 heavy (non-hydrogen) atoms. The maximum absolute atomic E-state index is 5.41. The predicted molar refractivity (Wildman–Crippen MR) is 74.2 cm³/mol. The fourth-order valence-electron chi connectivity index (χ4n) is 2.72. The molecule has 1 aliphatic rings. The molecule has 1 rings (SSSR count). The van der Waals surface area contributed by atoms with Gasteiger partial charge in [0.15, 0.2) is 0 Å². The maximum Gasteiger partial charge on any atom is 0.130 e. The van der Waals surface area contributed by atoms with Gasteiger partial charge in [-0.3, -0.25) is 0 Å². The van der Waals surface area contributed by atoms with Crippen molar-refractivity contribution in [2.75, 3.05) is 32.8 Å². The van der Waals surface area contributed by atoms with Gasteiger partial charge in [0, 0.05) is 0 Å². The lowest BCUT2D eigenvalue weighted by Crippen LogP contribution is -2.50. The monoisotopic (exact) mass is 242 g/mol. The first-order chi connectivity index (χ1) is 8.26. The van der Waals surface area contributed by atoms with Gasteiger partial charge in [0.05, 0.1) is 26.2 Å². The number of quaternary nitrogens is 1. The topological polar surface area (TPSA) is 12.5 Å². The summed E-state index contributed by atoms with van der Waals surface area (Å²) in [6, 6.07) is 0. The van der Waals surface area contributed by atoms with E-state index in [4.69, 9.17) is 4.74 Å². The Kier molecular flexibility index (Phi) is 7.14. The molecule has 0 aliphatic carbocycles. The number of hydrogen-bond donors (Lipinski definition) is 0. The zero-order valence-corrected chi connectivity index (χ0v) is 12.2. The summed E-state index contributed by atoms with van der Waals surface area (Å²) in [5, 5.41) is 0. The Labute approximate surface area is 108 Å². The van der Waals surface area contributed by atoms with Crippen LogP contribution in [-0.4, -0.2) is 43.4 Å². The molecule has 1 atom stereocenters. The van der Waals surface area contributed by atoms with Gasteiger partial charge in [0.2, 0.25) is 0 Å². The summed E-state index contributed by atoms with van der Waals surface area (Å²) in [6.45, 7) is 13.1. The Bertz CT molecular complexity index is 185. The molecule has 0 N–H and O–H groups in total. The summed E-state index contributed by atoms with van der Waals surface area (Å²) in [6.07, 6.45) is 9.03. The number of rotatable bonds is 11. The van der Waals surface area contributed by atoms with Crippen LogP contribution in [0.5, 0.6) is 0 Å². The number of hydrogen-bond acceptors (Lipinski definition) is 1. The molecule has 2 heteroatoms. The quantitative estimate of drug-likeness (QED) is 0.306. The fraction of sp³-hybridized carbons (Fsp3) is 1.00. The summed E-state index contributed by atoms with van der Waals surface area (Å²) in [5.41, 5.74) is 0. The van der Waals surface area contributed by atoms with Crippen LogP contribution in [-0.2, 0) is 4.74 Å². The molecule has 0 spiro atoms. The van der Waals surface area contributed by atoms with E-state index in [0.29, 0.717) is 6.10 Å². The van der Waals surface area contributed by atoms with Gasteiger partial charge in [-0.2, -0.15) is 0 Å². The van der Waals surface area contributed by atoms with Gasteiger partial charge in [-0.15, -0.1) is 0 Å². The molecule has 1 saturated heterocycles. The van der Waals surface area contributed by atoms with Crippen molar-refractivity contribution in [3.8, 4) is 0 Å². The van der Waals surface area contributed by atoms with Gasteiger partial charge in [-0.1, -0.05) is 32.6 Å². The summed E-state index contributed by atoms with van der Waals surface area (Å²) in [4.78, 5) is 0. The molecule has 1 aliphatic heterocycles. The van der Waals surface area contributed by atoms with Crippen molar-refractivity contribution >= 4 is 0 Å². The minimum absolute atomic E-state index is 0.579. The highest BCUT2D eigenvalue weighted by molar-refractivity contribution is 4.68. The van der Waals surface area contributed by atoms with Gasteiger partial charge in [-0.25, -0.2) is 0 Å². The minimum Gasteiger partial charge on any atom is -0.367 e. The molecule has 1 unspecified atom stereocenters. The van der Waals surface area contributed by atoms with Crippen LogP contribution in [0.3, 0.4) is 0 Å². The highest BCUT2D eigenvalue weighted by Crippen LogP contribution is 2.19. The van der Waals surface area contributed by atoms with E-state index in [2.05, 4.69) is 20.8 Å². The van der Waals surface area contributed by atoms with Crippen LogP contribution in [0.25, 0.3) is 0 Å². The van der Waals surface area contributed by atoms with Crippen LogP contribution < -0.4 is 0 Å². The lowest BCUT2D eigenvalue weighted by molar-refractivity contribution is -0.925. The molecule has 0 amide bonds. The number of epoxide rings is 1. The van der Waals surface area contributed by atoms with Gasteiger partial charge >= 0.3 is 0 Å². The second kappa shape index (κ2) is 8.10. The smallest absolute Gasteiger partial charge is 0.130 e. The van der Waals surface area contributed by atoms with E-state index >= 15 is 0 Å².